The van der Waals surface area contributed by atoms with E-state index in [9.17, 15) is 0 Å². The number of nitrogens with zero attached hydrogens (tertiary/aromatic N) is 2. The highest BCUT2D eigenvalue weighted by atomic mass is 15.2. The molecule has 0 bridgehead atoms. The van der Waals surface area contributed by atoms with Crippen LogP contribution < -0.4 is 9.80 Å². The summed E-state index contributed by atoms with van der Waals surface area (Å²) in [5, 5.41) is 2.36. The molecular formula is C46H34N2. The van der Waals surface area contributed by atoms with E-state index in [0.717, 1.165) is 34.1 Å². The maximum Gasteiger partial charge on any atom is 0.0540 e. The lowest BCUT2D eigenvalue weighted by atomic mass is 10.0. The second-order valence-corrected chi connectivity index (χ2v) is 11.9. The van der Waals surface area contributed by atoms with Gasteiger partial charge in [0.1, 0.15) is 0 Å². The Morgan fingerprint density at radius 1 is 0.250 bits per heavy atom. The largest absolute Gasteiger partial charge is 0.310 e. The van der Waals surface area contributed by atoms with Crippen LogP contribution in [0.4, 0.5) is 34.1 Å². The van der Waals surface area contributed by atoms with Crippen LogP contribution in [0.3, 0.4) is 0 Å². The lowest BCUT2D eigenvalue weighted by molar-refractivity contribution is 1.28. The smallest absolute Gasteiger partial charge is 0.0540 e. The molecule has 0 aromatic heterocycles. The number of hydrogen-bond acceptors (Lipinski definition) is 2. The Hall–Kier alpha value is -6.38. The number of hydrogen-bond donors (Lipinski definition) is 0. The van der Waals surface area contributed by atoms with Gasteiger partial charge in [-0.1, -0.05) is 140 Å². The molecule has 48 heavy (non-hydrogen) atoms. The minimum atomic E-state index is 1.10. The van der Waals surface area contributed by atoms with Gasteiger partial charge in [-0.05, 0) is 94.4 Å². The standard InChI is InChI=1S/C46H34N2/c1-5-14-35(15-6-1)37-24-29-42(30-25-37)47(40-19-9-3-10-20-40)44-33-28-39-18-13-23-46(45(39)34-44)48(41-21-11-4-12-22-41)43-31-26-38(27-32-43)36-16-7-2-8-17-36/h1-34H. The molecular weight excluding hydrogens is 581 g/mol. The molecule has 0 spiro atoms. The third-order valence-corrected chi connectivity index (χ3v) is 8.84. The van der Waals surface area contributed by atoms with E-state index < -0.39 is 0 Å². The van der Waals surface area contributed by atoms with Crippen LogP contribution in [0.15, 0.2) is 206 Å². The predicted molar refractivity (Wildman–Crippen MR) is 204 cm³/mol. The Kier molecular flexibility index (Phi) is 7.96. The summed E-state index contributed by atoms with van der Waals surface area (Å²) in [6.07, 6.45) is 0. The van der Waals surface area contributed by atoms with E-state index in [1.165, 1.54) is 33.0 Å². The second kappa shape index (κ2) is 13.2. The molecule has 2 nitrogen and oxygen atoms in total. The summed E-state index contributed by atoms with van der Waals surface area (Å²) in [6.45, 7) is 0. The van der Waals surface area contributed by atoms with Crippen molar-refractivity contribution in [2.75, 3.05) is 9.80 Å². The Morgan fingerprint density at radius 2 is 0.646 bits per heavy atom. The predicted octanol–water partition coefficient (Wildman–Crippen LogP) is 13.1. The van der Waals surface area contributed by atoms with Crippen molar-refractivity contribution < 1.29 is 0 Å². The van der Waals surface area contributed by atoms with Gasteiger partial charge in [0.05, 0.1) is 5.69 Å². The monoisotopic (exact) mass is 614 g/mol. The number of para-hydroxylation sites is 2. The van der Waals surface area contributed by atoms with E-state index in [1.807, 2.05) is 0 Å². The van der Waals surface area contributed by atoms with Gasteiger partial charge >= 0.3 is 0 Å². The summed E-state index contributed by atoms with van der Waals surface area (Å²) in [5.74, 6) is 0. The molecule has 0 aliphatic heterocycles. The van der Waals surface area contributed by atoms with Crippen LogP contribution in [0.25, 0.3) is 33.0 Å². The van der Waals surface area contributed by atoms with Crippen LogP contribution in [-0.2, 0) is 0 Å². The van der Waals surface area contributed by atoms with E-state index >= 15 is 0 Å². The topological polar surface area (TPSA) is 6.48 Å². The minimum absolute atomic E-state index is 1.10. The van der Waals surface area contributed by atoms with Crippen molar-refractivity contribution in [1.29, 1.82) is 0 Å². The van der Waals surface area contributed by atoms with Crippen molar-refractivity contribution in [3.63, 3.8) is 0 Å². The van der Waals surface area contributed by atoms with Gasteiger partial charge in [-0.15, -0.1) is 0 Å². The maximum atomic E-state index is 2.36. The van der Waals surface area contributed by atoms with Gasteiger partial charge in [0.2, 0.25) is 0 Å². The highest BCUT2D eigenvalue weighted by molar-refractivity contribution is 6.01. The fourth-order valence-corrected chi connectivity index (χ4v) is 6.47. The lowest BCUT2D eigenvalue weighted by Crippen LogP contribution is -2.12. The van der Waals surface area contributed by atoms with E-state index in [2.05, 4.69) is 216 Å². The van der Waals surface area contributed by atoms with Gasteiger partial charge in [-0.2, -0.15) is 0 Å². The van der Waals surface area contributed by atoms with Crippen LogP contribution in [0, 0.1) is 0 Å². The molecule has 0 amide bonds. The van der Waals surface area contributed by atoms with Crippen LogP contribution in [0.5, 0.6) is 0 Å². The van der Waals surface area contributed by atoms with Crippen molar-refractivity contribution in [3.8, 4) is 22.3 Å². The van der Waals surface area contributed by atoms with E-state index in [4.69, 9.17) is 0 Å². The van der Waals surface area contributed by atoms with Gasteiger partial charge < -0.3 is 9.80 Å². The Labute approximate surface area is 282 Å². The van der Waals surface area contributed by atoms with Crippen LogP contribution >= 0.6 is 0 Å². The van der Waals surface area contributed by atoms with Crippen LogP contribution in [0.2, 0.25) is 0 Å². The van der Waals surface area contributed by atoms with Gasteiger partial charge in [0, 0.05) is 33.8 Å². The molecule has 0 saturated carbocycles. The number of rotatable bonds is 8. The number of anilines is 6. The molecule has 8 aromatic carbocycles. The SMILES string of the molecule is c1ccc(-c2ccc(N(c3ccccc3)c3ccc4cccc(N(c5ccccc5)c5ccc(-c6ccccc6)cc5)c4c3)cc2)cc1. The fraction of sp³-hybridized carbons (Fsp3) is 0. The van der Waals surface area contributed by atoms with Crippen molar-refractivity contribution in [3.05, 3.63) is 206 Å². The first-order valence-corrected chi connectivity index (χ1v) is 16.4. The fourth-order valence-electron chi connectivity index (χ4n) is 6.47. The van der Waals surface area contributed by atoms with E-state index in [0.29, 0.717) is 0 Å². The van der Waals surface area contributed by atoms with E-state index in [-0.39, 0.29) is 0 Å². The Bertz CT molecular complexity index is 2250. The molecule has 0 atom stereocenters. The third-order valence-electron chi connectivity index (χ3n) is 8.84. The average Bonchev–Trinajstić information content (AvgIpc) is 3.17. The van der Waals surface area contributed by atoms with Crippen molar-refractivity contribution in [1.82, 2.24) is 0 Å². The number of benzene rings is 8. The molecule has 0 saturated heterocycles. The zero-order valence-electron chi connectivity index (χ0n) is 26.5. The zero-order chi connectivity index (χ0) is 32.1. The Balaban J connectivity index is 1.25. The van der Waals surface area contributed by atoms with Crippen molar-refractivity contribution in [2.45, 2.75) is 0 Å². The van der Waals surface area contributed by atoms with Crippen LogP contribution in [-0.4, -0.2) is 0 Å². The van der Waals surface area contributed by atoms with E-state index in [1.54, 1.807) is 0 Å². The summed E-state index contributed by atoms with van der Waals surface area (Å²) >= 11 is 0. The summed E-state index contributed by atoms with van der Waals surface area (Å²) in [7, 11) is 0. The molecule has 8 aromatic rings. The molecule has 0 aliphatic rings. The molecule has 0 unspecified atom stereocenters. The van der Waals surface area contributed by atoms with Gasteiger partial charge in [-0.25, -0.2) is 0 Å². The van der Waals surface area contributed by atoms with Gasteiger partial charge in [0.15, 0.2) is 0 Å². The molecule has 0 heterocycles. The van der Waals surface area contributed by atoms with Crippen molar-refractivity contribution in [2.24, 2.45) is 0 Å². The first-order chi connectivity index (χ1) is 23.8. The summed E-state index contributed by atoms with van der Waals surface area (Å²) in [5.41, 5.74) is 11.5. The molecule has 2 heteroatoms. The molecule has 228 valence electrons. The lowest BCUT2D eigenvalue weighted by Gasteiger charge is -2.29. The minimum Gasteiger partial charge on any atom is -0.310 e. The molecule has 0 N–H and O–H groups in total. The average molecular weight is 615 g/mol. The van der Waals surface area contributed by atoms with Gasteiger partial charge in [0.25, 0.3) is 0 Å². The molecule has 8 rings (SSSR count). The summed E-state index contributed by atoms with van der Waals surface area (Å²) in [4.78, 5) is 4.70. The zero-order valence-corrected chi connectivity index (χ0v) is 26.5. The Morgan fingerprint density at radius 3 is 1.17 bits per heavy atom. The first kappa shape index (κ1) is 29.1. The van der Waals surface area contributed by atoms with Gasteiger partial charge in [-0.3, -0.25) is 0 Å². The highest BCUT2D eigenvalue weighted by Crippen LogP contribution is 2.43. The quantitative estimate of drug-likeness (QED) is 0.168. The van der Waals surface area contributed by atoms with Crippen molar-refractivity contribution >= 4 is 44.9 Å². The van der Waals surface area contributed by atoms with Crippen LogP contribution in [0.1, 0.15) is 0 Å². The summed E-state index contributed by atoms with van der Waals surface area (Å²) < 4.78 is 0. The normalized spacial score (nSPS) is 10.9. The summed E-state index contributed by atoms with van der Waals surface area (Å²) in [6, 6.07) is 73.5. The molecule has 0 aliphatic carbocycles. The second-order valence-electron chi connectivity index (χ2n) is 11.9. The first-order valence-electron chi connectivity index (χ1n) is 16.4. The molecule has 0 fully saturated rings. The number of fused-ring (bicyclic) bond motifs is 1. The molecule has 0 radical (unpaired) electrons. The highest BCUT2D eigenvalue weighted by Gasteiger charge is 2.18. The third kappa shape index (κ3) is 5.84. The maximum absolute atomic E-state index is 2.36.